The van der Waals surface area contributed by atoms with E-state index < -0.39 is 11.9 Å². The van der Waals surface area contributed by atoms with E-state index in [4.69, 9.17) is 9.47 Å². The number of nitrogens with one attached hydrogen (secondary N) is 2. The van der Waals surface area contributed by atoms with Crippen LogP contribution >= 0.6 is 24.0 Å². The Morgan fingerprint density at radius 1 is 1.17 bits per heavy atom. The third kappa shape index (κ3) is 6.98. The molecule has 0 bridgehead atoms. The number of halogens is 4. The minimum atomic E-state index is -4.50. The standard InChI is InChI=1S/C18H24F3N5O2.HI/c1-22-17(24-10-13-11-26(2)25-16(13)18(19,20)21)23-8-7-12-5-6-14(27-3)15(9-12)28-4;/h5-6,9,11H,7-8,10H2,1-4H3,(H2,22,23,24);1H. The van der Waals surface area contributed by atoms with E-state index in [0.29, 0.717) is 30.4 Å². The topological polar surface area (TPSA) is 72.7 Å². The monoisotopic (exact) mass is 527 g/mol. The summed E-state index contributed by atoms with van der Waals surface area (Å²) in [6.07, 6.45) is -2.49. The number of aliphatic imine (C=N–C) groups is 1. The Labute approximate surface area is 184 Å². The van der Waals surface area contributed by atoms with Crippen molar-refractivity contribution in [3.63, 3.8) is 0 Å². The fourth-order valence-electron chi connectivity index (χ4n) is 2.67. The van der Waals surface area contributed by atoms with Crippen LogP contribution in [0.5, 0.6) is 11.5 Å². The summed E-state index contributed by atoms with van der Waals surface area (Å²) < 4.78 is 50.6. The molecule has 0 radical (unpaired) electrons. The van der Waals surface area contributed by atoms with Crippen LogP contribution in [0, 0.1) is 0 Å². The molecular weight excluding hydrogens is 502 g/mol. The highest BCUT2D eigenvalue weighted by molar-refractivity contribution is 14.0. The van der Waals surface area contributed by atoms with E-state index in [1.165, 1.54) is 13.2 Å². The molecule has 2 aromatic rings. The van der Waals surface area contributed by atoms with Crippen molar-refractivity contribution in [3.8, 4) is 11.5 Å². The maximum atomic E-state index is 13.0. The molecular formula is C18H25F3IN5O2. The molecule has 0 spiro atoms. The molecule has 2 rings (SSSR count). The lowest BCUT2D eigenvalue weighted by atomic mass is 10.1. The minimum Gasteiger partial charge on any atom is -0.493 e. The van der Waals surface area contributed by atoms with Crippen molar-refractivity contribution in [1.82, 2.24) is 20.4 Å². The maximum Gasteiger partial charge on any atom is 0.435 e. The Hall–Kier alpha value is -2.18. The predicted octanol–water partition coefficient (Wildman–Crippen LogP) is 2.98. The molecule has 0 unspecified atom stereocenters. The third-order valence-corrected chi connectivity index (χ3v) is 4.00. The summed E-state index contributed by atoms with van der Waals surface area (Å²) in [5, 5.41) is 9.44. The molecule has 0 atom stereocenters. The van der Waals surface area contributed by atoms with Crippen molar-refractivity contribution in [1.29, 1.82) is 0 Å². The molecule has 1 heterocycles. The highest BCUT2D eigenvalue weighted by Gasteiger charge is 2.36. The summed E-state index contributed by atoms with van der Waals surface area (Å²) in [5.41, 5.74) is 0.174. The van der Waals surface area contributed by atoms with Crippen LogP contribution in [0.1, 0.15) is 16.8 Å². The van der Waals surface area contributed by atoms with E-state index in [1.807, 2.05) is 18.2 Å². The molecule has 29 heavy (non-hydrogen) atoms. The Balaban J connectivity index is 0.00000420. The first-order valence-corrected chi connectivity index (χ1v) is 8.53. The number of aryl methyl sites for hydroxylation is 1. The highest BCUT2D eigenvalue weighted by Crippen LogP contribution is 2.30. The lowest BCUT2D eigenvalue weighted by Gasteiger charge is -2.13. The summed E-state index contributed by atoms with van der Waals surface area (Å²) in [7, 11) is 6.15. The van der Waals surface area contributed by atoms with E-state index in [0.717, 1.165) is 10.2 Å². The number of benzene rings is 1. The second-order valence-electron chi connectivity index (χ2n) is 5.97. The maximum absolute atomic E-state index is 13.0. The number of guanidine groups is 1. The van der Waals surface area contributed by atoms with E-state index >= 15 is 0 Å². The van der Waals surface area contributed by atoms with Gasteiger partial charge in [0.15, 0.2) is 23.2 Å². The van der Waals surface area contributed by atoms with Crippen molar-refractivity contribution < 1.29 is 22.6 Å². The van der Waals surface area contributed by atoms with Crippen molar-refractivity contribution in [2.75, 3.05) is 27.8 Å². The number of nitrogens with zero attached hydrogens (tertiary/aromatic N) is 3. The van der Waals surface area contributed by atoms with Crippen LogP contribution in [-0.2, 0) is 26.2 Å². The fourth-order valence-corrected chi connectivity index (χ4v) is 2.67. The summed E-state index contributed by atoms with van der Waals surface area (Å²) >= 11 is 0. The van der Waals surface area contributed by atoms with E-state index in [2.05, 4.69) is 20.7 Å². The first-order chi connectivity index (χ1) is 13.3. The van der Waals surface area contributed by atoms with Gasteiger partial charge in [0.2, 0.25) is 0 Å². The van der Waals surface area contributed by atoms with Gasteiger partial charge in [-0.05, 0) is 24.1 Å². The molecule has 11 heteroatoms. The molecule has 7 nitrogen and oxygen atoms in total. The second kappa shape index (κ2) is 11.1. The average molecular weight is 527 g/mol. The van der Waals surface area contributed by atoms with Gasteiger partial charge in [0.25, 0.3) is 0 Å². The van der Waals surface area contributed by atoms with Gasteiger partial charge in [-0.1, -0.05) is 6.07 Å². The van der Waals surface area contributed by atoms with Crippen LogP contribution in [0.3, 0.4) is 0 Å². The van der Waals surface area contributed by atoms with Crippen LogP contribution in [0.2, 0.25) is 0 Å². The number of aromatic nitrogens is 2. The molecule has 1 aromatic heterocycles. The molecule has 0 saturated heterocycles. The van der Waals surface area contributed by atoms with Crippen molar-refractivity contribution >= 4 is 29.9 Å². The molecule has 0 aliphatic rings. The zero-order valence-electron chi connectivity index (χ0n) is 16.6. The summed E-state index contributed by atoms with van der Waals surface area (Å²) in [6, 6.07) is 5.62. The molecule has 0 aliphatic carbocycles. The largest absolute Gasteiger partial charge is 0.493 e. The number of ether oxygens (including phenoxy) is 2. The van der Waals surface area contributed by atoms with Gasteiger partial charge in [0, 0.05) is 38.9 Å². The number of rotatable bonds is 7. The summed E-state index contributed by atoms with van der Waals surface area (Å²) in [4.78, 5) is 4.04. The lowest BCUT2D eigenvalue weighted by Crippen LogP contribution is -2.38. The molecule has 0 amide bonds. The van der Waals surface area contributed by atoms with E-state index in [1.54, 1.807) is 21.3 Å². The van der Waals surface area contributed by atoms with Crippen LogP contribution in [0.15, 0.2) is 29.4 Å². The SMILES string of the molecule is CN=C(NCCc1ccc(OC)c(OC)c1)NCc1cn(C)nc1C(F)(F)F.I. The number of alkyl halides is 3. The van der Waals surface area contributed by atoms with Gasteiger partial charge in [0.1, 0.15) is 0 Å². The zero-order valence-corrected chi connectivity index (χ0v) is 19.0. The quantitative estimate of drug-likeness (QED) is 0.329. The molecule has 162 valence electrons. The first-order valence-electron chi connectivity index (χ1n) is 8.53. The van der Waals surface area contributed by atoms with E-state index in [-0.39, 0.29) is 36.1 Å². The summed E-state index contributed by atoms with van der Waals surface area (Å²) in [5.74, 6) is 1.69. The minimum absolute atomic E-state index is 0. The number of hydrogen-bond acceptors (Lipinski definition) is 4. The number of methoxy groups -OCH3 is 2. The third-order valence-electron chi connectivity index (χ3n) is 4.00. The molecule has 0 aliphatic heterocycles. The van der Waals surface area contributed by atoms with Crippen molar-refractivity contribution in [2.24, 2.45) is 12.0 Å². The Morgan fingerprint density at radius 2 is 1.86 bits per heavy atom. The highest BCUT2D eigenvalue weighted by atomic mass is 127. The van der Waals surface area contributed by atoms with Crippen molar-refractivity contribution in [2.45, 2.75) is 19.1 Å². The van der Waals surface area contributed by atoms with Crippen LogP contribution < -0.4 is 20.1 Å². The normalized spacial score (nSPS) is 11.6. The predicted molar refractivity (Wildman–Crippen MR) is 115 cm³/mol. The van der Waals surface area contributed by atoms with Gasteiger partial charge in [-0.3, -0.25) is 9.67 Å². The van der Waals surface area contributed by atoms with E-state index in [9.17, 15) is 13.2 Å². The van der Waals surface area contributed by atoms with Gasteiger partial charge in [0.05, 0.1) is 14.2 Å². The molecule has 2 N–H and O–H groups in total. The van der Waals surface area contributed by atoms with Gasteiger partial charge in [-0.15, -0.1) is 24.0 Å². The van der Waals surface area contributed by atoms with Crippen LogP contribution in [0.4, 0.5) is 13.2 Å². The first kappa shape index (κ1) is 24.9. The Bertz CT molecular complexity index is 824. The zero-order chi connectivity index (χ0) is 20.7. The second-order valence-corrected chi connectivity index (χ2v) is 5.97. The smallest absolute Gasteiger partial charge is 0.435 e. The van der Waals surface area contributed by atoms with Gasteiger partial charge < -0.3 is 20.1 Å². The molecule has 0 fully saturated rings. The lowest BCUT2D eigenvalue weighted by molar-refractivity contribution is -0.142. The van der Waals surface area contributed by atoms with Crippen LogP contribution in [-0.4, -0.2) is 43.6 Å². The fraction of sp³-hybridized carbons (Fsp3) is 0.444. The molecule has 0 saturated carbocycles. The summed E-state index contributed by atoms with van der Waals surface area (Å²) in [6.45, 7) is 0.493. The Morgan fingerprint density at radius 3 is 2.45 bits per heavy atom. The number of hydrogen-bond donors (Lipinski definition) is 2. The van der Waals surface area contributed by atoms with Crippen molar-refractivity contribution in [3.05, 3.63) is 41.2 Å². The van der Waals surface area contributed by atoms with Gasteiger partial charge in [-0.25, -0.2) is 0 Å². The van der Waals surface area contributed by atoms with Gasteiger partial charge >= 0.3 is 6.18 Å². The average Bonchev–Trinajstić information content (AvgIpc) is 3.05. The van der Waals surface area contributed by atoms with Crippen LogP contribution in [0.25, 0.3) is 0 Å². The van der Waals surface area contributed by atoms with Gasteiger partial charge in [-0.2, -0.15) is 18.3 Å². The molecule has 1 aromatic carbocycles. The Kier molecular flexibility index (Phi) is 9.53.